The van der Waals surface area contributed by atoms with E-state index in [4.69, 9.17) is 5.73 Å². The van der Waals surface area contributed by atoms with E-state index >= 15 is 0 Å². The highest BCUT2D eigenvalue weighted by Gasteiger charge is 2.42. The maximum absolute atomic E-state index is 12.4. The van der Waals surface area contributed by atoms with Crippen LogP contribution in [0.5, 0.6) is 0 Å². The molecule has 0 radical (unpaired) electrons. The zero-order chi connectivity index (χ0) is 15.2. The topological polar surface area (TPSA) is 59.2 Å². The van der Waals surface area contributed by atoms with Crippen LogP contribution in [0.1, 0.15) is 28.9 Å². The highest BCUT2D eigenvalue weighted by molar-refractivity contribution is 5.94. The minimum Gasteiger partial charge on any atom is -0.338 e. The number of aromatic nitrogens is 1. The third-order valence-corrected chi connectivity index (χ3v) is 4.50. The number of fused-ring (bicyclic) bond motifs is 1. The quantitative estimate of drug-likeness (QED) is 0.861. The number of hydrogen-bond donors (Lipinski definition) is 1. The van der Waals surface area contributed by atoms with Crippen molar-refractivity contribution in [3.63, 3.8) is 0 Å². The molecule has 1 aromatic rings. The van der Waals surface area contributed by atoms with Gasteiger partial charge in [0.2, 0.25) is 0 Å². The predicted octanol–water partition coefficient (Wildman–Crippen LogP) is 1.91. The van der Waals surface area contributed by atoms with Gasteiger partial charge in [-0.2, -0.15) is 13.2 Å². The Morgan fingerprint density at radius 2 is 2.05 bits per heavy atom. The lowest BCUT2D eigenvalue weighted by molar-refractivity contribution is -0.141. The van der Waals surface area contributed by atoms with Crippen LogP contribution in [0.2, 0.25) is 0 Å². The summed E-state index contributed by atoms with van der Waals surface area (Å²) in [6.45, 7) is 1.23. The Morgan fingerprint density at radius 3 is 2.62 bits per heavy atom. The second-order valence-electron chi connectivity index (χ2n) is 5.81. The van der Waals surface area contributed by atoms with E-state index in [0.717, 1.165) is 25.1 Å². The van der Waals surface area contributed by atoms with Crippen molar-refractivity contribution in [3.05, 3.63) is 29.6 Å². The van der Waals surface area contributed by atoms with Crippen molar-refractivity contribution >= 4 is 5.91 Å². The Kier molecular flexibility index (Phi) is 3.39. The molecule has 1 saturated carbocycles. The number of nitrogens with two attached hydrogens (primary N) is 1. The Morgan fingerprint density at radius 1 is 1.29 bits per heavy atom. The van der Waals surface area contributed by atoms with E-state index in [2.05, 4.69) is 4.98 Å². The van der Waals surface area contributed by atoms with E-state index < -0.39 is 11.9 Å². The van der Waals surface area contributed by atoms with Crippen molar-refractivity contribution < 1.29 is 18.0 Å². The van der Waals surface area contributed by atoms with Gasteiger partial charge in [0.25, 0.3) is 5.91 Å². The van der Waals surface area contributed by atoms with Gasteiger partial charge in [0, 0.05) is 25.3 Å². The van der Waals surface area contributed by atoms with Gasteiger partial charge in [0.05, 0.1) is 5.56 Å². The molecule has 1 amide bonds. The molecule has 1 aromatic heterocycles. The number of halogens is 3. The maximum atomic E-state index is 12.4. The molecule has 21 heavy (non-hydrogen) atoms. The first kappa shape index (κ1) is 14.3. The molecule has 3 atom stereocenters. The second kappa shape index (κ2) is 4.98. The van der Waals surface area contributed by atoms with Crippen LogP contribution in [0.25, 0.3) is 0 Å². The Bertz CT molecular complexity index is 543. The number of nitrogens with zero attached hydrogens (tertiary/aromatic N) is 2. The SMILES string of the molecule is NC1CCC2CN(C(=O)c3ccc(C(F)(F)F)nc3)CC12. The van der Waals surface area contributed by atoms with E-state index in [9.17, 15) is 18.0 Å². The van der Waals surface area contributed by atoms with Crippen molar-refractivity contribution in [1.82, 2.24) is 9.88 Å². The molecular formula is C14H16F3N3O. The van der Waals surface area contributed by atoms with Crippen molar-refractivity contribution in [3.8, 4) is 0 Å². The maximum Gasteiger partial charge on any atom is 0.433 e. The molecule has 3 rings (SSSR count). The van der Waals surface area contributed by atoms with Crippen LogP contribution in [-0.2, 0) is 6.18 Å². The molecule has 2 aliphatic rings. The second-order valence-corrected chi connectivity index (χ2v) is 5.81. The van der Waals surface area contributed by atoms with E-state index in [1.54, 1.807) is 4.90 Å². The van der Waals surface area contributed by atoms with Gasteiger partial charge in [-0.05, 0) is 36.8 Å². The summed E-state index contributed by atoms with van der Waals surface area (Å²) in [6.07, 6.45) is -1.49. The van der Waals surface area contributed by atoms with Crippen LogP contribution < -0.4 is 5.73 Å². The summed E-state index contributed by atoms with van der Waals surface area (Å²) in [5.74, 6) is 0.473. The summed E-state index contributed by atoms with van der Waals surface area (Å²) in [7, 11) is 0. The lowest BCUT2D eigenvalue weighted by atomic mass is 9.98. The first-order chi connectivity index (χ1) is 9.86. The third kappa shape index (κ3) is 2.62. The number of carbonyl (C=O) groups is 1. The first-order valence-corrected chi connectivity index (χ1v) is 6.94. The molecule has 114 valence electrons. The van der Waals surface area contributed by atoms with Crippen LogP contribution in [0, 0.1) is 11.8 Å². The van der Waals surface area contributed by atoms with Gasteiger partial charge in [-0.25, -0.2) is 0 Å². The number of likely N-dealkylation sites (tertiary alicyclic amines) is 1. The number of alkyl halides is 3. The minimum absolute atomic E-state index is 0.124. The molecule has 2 fully saturated rings. The van der Waals surface area contributed by atoms with E-state index in [1.807, 2.05) is 0 Å². The zero-order valence-electron chi connectivity index (χ0n) is 11.3. The monoisotopic (exact) mass is 299 g/mol. The average Bonchev–Trinajstić information content (AvgIpc) is 3.00. The molecule has 1 aliphatic carbocycles. The van der Waals surface area contributed by atoms with E-state index in [0.29, 0.717) is 24.9 Å². The molecule has 1 aliphatic heterocycles. The number of carbonyl (C=O) groups excluding carboxylic acids is 1. The molecule has 1 saturated heterocycles. The van der Waals surface area contributed by atoms with Gasteiger partial charge in [-0.1, -0.05) is 0 Å². The summed E-state index contributed by atoms with van der Waals surface area (Å²) < 4.78 is 37.3. The smallest absolute Gasteiger partial charge is 0.338 e. The number of pyridine rings is 1. The summed E-state index contributed by atoms with van der Waals surface area (Å²) in [4.78, 5) is 17.3. The molecule has 2 heterocycles. The van der Waals surface area contributed by atoms with Crippen molar-refractivity contribution in [1.29, 1.82) is 0 Å². The van der Waals surface area contributed by atoms with Gasteiger partial charge in [-0.15, -0.1) is 0 Å². The van der Waals surface area contributed by atoms with Crippen LogP contribution in [0.4, 0.5) is 13.2 Å². The highest BCUT2D eigenvalue weighted by Crippen LogP contribution is 2.37. The van der Waals surface area contributed by atoms with Crippen LogP contribution in [0.15, 0.2) is 18.3 Å². The molecule has 3 unspecified atom stereocenters. The van der Waals surface area contributed by atoms with Gasteiger partial charge in [0.1, 0.15) is 5.69 Å². The summed E-state index contributed by atoms with van der Waals surface area (Å²) in [6, 6.07) is 2.15. The summed E-state index contributed by atoms with van der Waals surface area (Å²) >= 11 is 0. The molecule has 2 N–H and O–H groups in total. The fourth-order valence-corrected chi connectivity index (χ4v) is 3.34. The molecule has 7 heteroatoms. The predicted molar refractivity (Wildman–Crippen MR) is 69.3 cm³/mol. The molecule has 4 nitrogen and oxygen atoms in total. The van der Waals surface area contributed by atoms with E-state index in [1.165, 1.54) is 6.07 Å². The number of hydrogen-bond acceptors (Lipinski definition) is 3. The Hall–Kier alpha value is -1.63. The Balaban J connectivity index is 1.72. The fraction of sp³-hybridized carbons (Fsp3) is 0.571. The number of amides is 1. The Labute approximate surface area is 120 Å². The summed E-state index contributed by atoms with van der Waals surface area (Å²) in [5.41, 5.74) is 5.22. The minimum atomic E-state index is -4.49. The lowest BCUT2D eigenvalue weighted by Crippen LogP contribution is -2.33. The van der Waals surface area contributed by atoms with Gasteiger partial charge in [0.15, 0.2) is 0 Å². The highest BCUT2D eigenvalue weighted by atomic mass is 19.4. The third-order valence-electron chi connectivity index (χ3n) is 4.50. The largest absolute Gasteiger partial charge is 0.433 e. The van der Waals surface area contributed by atoms with Crippen molar-refractivity contribution in [2.75, 3.05) is 13.1 Å². The molecule has 0 aromatic carbocycles. The molecule has 0 spiro atoms. The lowest BCUT2D eigenvalue weighted by Gasteiger charge is -2.18. The van der Waals surface area contributed by atoms with Crippen LogP contribution in [0.3, 0.4) is 0 Å². The van der Waals surface area contributed by atoms with Gasteiger partial charge in [-0.3, -0.25) is 9.78 Å². The zero-order valence-corrected chi connectivity index (χ0v) is 11.3. The molecule has 0 bridgehead atoms. The van der Waals surface area contributed by atoms with Crippen molar-refractivity contribution in [2.24, 2.45) is 17.6 Å². The van der Waals surface area contributed by atoms with E-state index in [-0.39, 0.29) is 17.5 Å². The van der Waals surface area contributed by atoms with Crippen LogP contribution >= 0.6 is 0 Å². The van der Waals surface area contributed by atoms with Crippen LogP contribution in [-0.4, -0.2) is 34.9 Å². The molecular weight excluding hydrogens is 283 g/mol. The fourth-order valence-electron chi connectivity index (χ4n) is 3.34. The number of rotatable bonds is 1. The van der Waals surface area contributed by atoms with Gasteiger partial charge < -0.3 is 10.6 Å². The normalized spacial score (nSPS) is 28.8. The summed E-state index contributed by atoms with van der Waals surface area (Å²) in [5, 5.41) is 0. The average molecular weight is 299 g/mol. The standard InChI is InChI=1S/C14H16F3N3O/c15-14(16,17)12-4-2-8(5-19-12)13(21)20-6-9-1-3-11(18)10(9)7-20/h2,4-5,9-11H,1,3,6-7,18H2. The first-order valence-electron chi connectivity index (χ1n) is 6.94. The van der Waals surface area contributed by atoms with Crippen molar-refractivity contribution in [2.45, 2.75) is 25.1 Å². The van der Waals surface area contributed by atoms with Gasteiger partial charge >= 0.3 is 6.18 Å².